The fraction of sp³-hybridized carbons (Fsp3) is 0.667. The van der Waals surface area contributed by atoms with Gasteiger partial charge in [0.25, 0.3) is 0 Å². The van der Waals surface area contributed by atoms with E-state index < -0.39 is 0 Å². The number of rotatable bonds is 6. The van der Waals surface area contributed by atoms with E-state index in [0.717, 1.165) is 0 Å². The Balaban J connectivity index is 4.77. The summed E-state index contributed by atoms with van der Waals surface area (Å²) in [6.45, 7) is 16.4. The summed E-state index contributed by atoms with van der Waals surface area (Å²) >= 11 is 0. The molecule has 0 aliphatic heterocycles. The molecule has 0 saturated carbocycles. The van der Waals surface area contributed by atoms with Gasteiger partial charge in [-0.1, -0.05) is 27.0 Å². The highest BCUT2D eigenvalue weighted by Gasteiger charge is 2.23. The summed E-state index contributed by atoms with van der Waals surface area (Å²) in [6, 6.07) is 0.460. The Morgan fingerprint density at radius 3 is 1.71 bits per heavy atom. The van der Waals surface area contributed by atoms with E-state index in [4.69, 9.17) is 0 Å². The van der Waals surface area contributed by atoms with Crippen LogP contribution in [0.15, 0.2) is 25.6 Å². The molecule has 0 N–H and O–H groups in total. The molecule has 0 heterocycles. The quantitative estimate of drug-likeness (QED) is 0.603. The maximum Gasteiger partial charge on any atom is 0.103 e. The molecule has 0 aliphatic carbocycles. The minimum Gasteiger partial charge on any atom is -0.361 e. The molecular weight excluding hydrogens is 172 g/mol. The van der Waals surface area contributed by atoms with Gasteiger partial charge in [0.2, 0.25) is 0 Å². The zero-order chi connectivity index (χ0) is 11.3. The Morgan fingerprint density at radius 2 is 1.50 bits per heavy atom. The molecular formula is C12H24N2. The Labute approximate surface area is 88.9 Å². The molecule has 0 saturated heterocycles. The van der Waals surface area contributed by atoms with Crippen LogP contribution in [0.4, 0.5) is 0 Å². The van der Waals surface area contributed by atoms with Gasteiger partial charge in [-0.25, -0.2) is 0 Å². The molecule has 0 amide bonds. The fourth-order valence-electron chi connectivity index (χ4n) is 1.76. The van der Waals surface area contributed by atoms with Crippen molar-refractivity contribution in [3.8, 4) is 0 Å². The van der Waals surface area contributed by atoms with Crippen LogP contribution < -0.4 is 0 Å². The molecule has 14 heavy (non-hydrogen) atoms. The molecule has 0 aliphatic rings. The monoisotopic (exact) mass is 196 g/mol. The second-order valence-electron chi connectivity index (χ2n) is 4.23. The first-order chi connectivity index (χ1) is 6.45. The average molecular weight is 196 g/mol. The van der Waals surface area contributed by atoms with Crippen LogP contribution in [-0.4, -0.2) is 29.1 Å². The van der Waals surface area contributed by atoms with Crippen LogP contribution >= 0.6 is 0 Å². The molecule has 2 heteroatoms. The molecule has 82 valence electrons. The lowest BCUT2D eigenvalue weighted by Crippen LogP contribution is -2.47. The van der Waals surface area contributed by atoms with Crippen molar-refractivity contribution in [2.75, 3.05) is 7.05 Å². The lowest BCUT2D eigenvalue weighted by Gasteiger charge is -2.41. The van der Waals surface area contributed by atoms with Crippen LogP contribution in [-0.2, 0) is 0 Å². The normalized spacial score (nSPS) is 12.8. The van der Waals surface area contributed by atoms with E-state index in [1.807, 2.05) is 12.4 Å². The summed E-state index contributed by atoms with van der Waals surface area (Å²) in [4.78, 5) is 4.39. The third-order valence-electron chi connectivity index (χ3n) is 2.41. The number of hydrogen-bond acceptors (Lipinski definition) is 2. The van der Waals surface area contributed by atoms with Crippen LogP contribution in [0.3, 0.4) is 0 Å². The topological polar surface area (TPSA) is 6.48 Å². The van der Waals surface area contributed by atoms with Gasteiger partial charge in [0, 0.05) is 13.1 Å². The molecule has 0 bridgehead atoms. The summed E-state index contributed by atoms with van der Waals surface area (Å²) in [5, 5.41) is 0. The standard InChI is InChI=1S/C12H24N2/c1-8-13(7)12(10(3)4)14(9-2)11(5)6/h8-12H,1-2H2,3-7H3. The number of nitrogens with zero attached hydrogens (tertiary/aromatic N) is 2. The van der Waals surface area contributed by atoms with Crippen molar-refractivity contribution in [3.63, 3.8) is 0 Å². The molecule has 2 nitrogen and oxygen atoms in total. The van der Waals surface area contributed by atoms with E-state index in [0.29, 0.717) is 18.1 Å². The Bertz CT molecular complexity index is 185. The summed E-state index contributed by atoms with van der Waals surface area (Å²) in [5.41, 5.74) is 0. The summed E-state index contributed by atoms with van der Waals surface area (Å²) in [5.74, 6) is 0.540. The van der Waals surface area contributed by atoms with E-state index in [9.17, 15) is 0 Å². The minimum absolute atomic E-state index is 0.338. The van der Waals surface area contributed by atoms with Crippen molar-refractivity contribution in [1.29, 1.82) is 0 Å². The second kappa shape index (κ2) is 5.74. The van der Waals surface area contributed by atoms with E-state index in [1.54, 1.807) is 0 Å². The van der Waals surface area contributed by atoms with Crippen molar-refractivity contribution < 1.29 is 0 Å². The highest BCUT2D eigenvalue weighted by molar-refractivity contribution is 4.87. The van der Waals surface area contributed by atoms with Gasteiger partial charge >= 0.3 is 0 Å². The lowest BCUT2D eigenvalue weighted by atomic mass is 10.1. The molecule has 0 spiro atoms. The van der Waals surface area contributed by atoms with Crippen molar-refractivity contribution in [2.45, 2.75) is 39.9 Å². The van der Waals surface area contributed by atoms with Gasteiger partial charge in [-0.3, -0.25) is 0 Å². The zero-order valence-electron chi connectivity index (χ0n) is 10.2. The first-order valence-electron chi connectivity index (χ1n) is 5.20. The first-order valence-corrected chi connectivity index (χ1v) is 5.20. The van der Waals surface area contributed by atoms with Crippen molar-refractivity contribution in [1.82, 2.24) is 9.80 Å². The maximum atomic E-state index is 3.87. The van der Waals surface area contributed by atoms with Gasteiger partial charge in [-0.2, -0.15) is 0 Å². The van der Waals surface area contributed by atoms with Crippen LogP contribution in [0, 0.1) is 5.92 Å². The first kappa shape index (κ1) is 13.1. The van der Waals surface area contributed by atoms with Gasteiger partial charge in [-0.15, -0.1) is 0 Å². The van der Waals surface area contributed by atoms with Crippen molar-refractivity contribution in [3.05, 3.63) is 25.6 Å². The summed E-state index contributed by atoms with van der Waals surface area (Å²) in [6.07, 6.45) is 4.11. The highest BCUT2D eigenvalue weighted by Crippen LogP contribution is 2.17. The van der Waals surface area contributed by atoms with Gasteiger partial charge in [0.05, 0.1) is 0 Å². The highest BCUT2D eigenvalue weighted by atomic mass is 15.3. The van der Waals surface area contributed by atoms with Crippen molar-refractivity contribution in [2.24, 2.45) is 5.92 Å². The van der Waals surface area contributed by atoms with E-state index >= 15 is 0 Å². The zero-order valence-corrected chi connectivity index (χ0v) is 10.2. The molecule has 0 radical (unpaired) electrons. The van der Waals surface area contributed by atoms with Crippen LogP contribution in [0.25, 0.3) is 0 Å². The summed E-state index contributed by atoms with van der Waals surface area (Å²) < 4.78 is 0. The second-order valence-corrected chi connectivity index (χ2v) is 4.23. The Kier molecular flexibility index (Phi) is 5.36. The minimum atomic E-state index is 0.338. The lowest BCUT2D eigenvalue weighted by molar-refractivity contribution is 0.0741. The molecule has 1 unspecified atom stereocenters. The maximum absolute atomic E-state index is 3.87. The van der Waals surface area contributed by atoms with Gasteiger partial charge in [-0.05, 0) is 32.2 Å². The van der Waals surface area contributed by atoms with Crippen LogP contribution in [0.1, 0.15) is 27.7 Å². The third-order valence-corrected chi connectivity index (χ3v) is 2.41. The molecule has 1 atom stereocenters. The molecule has 0 aromatic carbocycles. The largest absolute Gasteiger partial charge is 0.361 e. The van der Waals surface area contributed by atoms with E-state index in [-0.39, 0.29) is 0 Å². The summed E-state index contributed by atoms with van der Waals surface area (Å²) in [7, 11) is 2.05. The average Bonchev–Trinajstić information content (AvgIpc) is 2.11. The molecule has 0 aromatic heterocycles. The third kappa shape index (κ3) is 3.09. The SMILES string of the molecule is C=CN(C)C(C(C)C)N(C=C)C(C)C. The predicted molar refractivity (Wildman–Crippen MR) is 63.8 cm³/mol. The van der Waals surface area contributed by atoms with Crippen LogP contribution in [0.2, 0.25) is 0 Å². The Hall–Kier alpha value is -0.920. The fourth-order valence-corrected chi connectivity index (χ4v) is 1.76. The molecule has 0 rings (SSSR count). The van der Waals surface area contributed by atoms with E-state index in [2.05, 4.69) is 57.7 Å². The number of hydrogen-bond donors (Lipinski definition) is 0. The molecule has 0 fully saturated rings. The van der Waals surface area contributed by atoms with Gasteiger partial charge in [0.15, 0.2) is 0 Å². The van der Waals surface area contributed by atoms with E-state index in [1.165, 1.54) is 0 Å². The molecule has 0 aromatic rings. The smallest absolute Gasteiger partial charge is 0.103 e. The predicted octanol–water partition coefficient (Wildman–Crippen LogP) is 2.90. The Morgan fingerprint density at radius 1 is 1.00 bits per heavy atom. The van der Waals surface area contributed by atoms with Crippen molar-refractivity contribution >= 4 is 0 Å². The van der Waals surface area contributed by atoms with Gasteiger partial charge < -0.3 is 9.80 Å². The van der Waals surface area contributed by atoms with Crippen LogP contribution in [0.5, 0.6) is 0 Å². The van der Waals surface area contributed by atoms with Gasteiger partial charge in [0.1, 0.15) is 6.17 Å².